The number of halogens is 2. The molecule has 2 aromatic rings. The van der Waals surface area contributed by atoms with Gasteiger partial charge in [-0.25, -0.2) is 0 Å². The Morgan fingerprint density at radius 1 is 0.650 bits per heavy atom. The van der Waals surface area contributed by atoms with Gasteiger partial charge in [-0.05, 0) is 92.9 Å². The maximum Gasteiger partial charge on any atom is 0.261 e. The van der Waals surface area contributed by atoms with Crippen LogP contribution >= 0.6 is 54.5 Å². The van der Waals surface area contributed by atoms with Crippen molar-refractivity contribution >= 4 is 77.7 Å². The first-order valence-corrected chi connectivity index (χ1v) is 16.4. The third-order valence-electron chi connectivity index (χ3n) is 6.70. The van der Waals surface area contributed by atoms with Gasteiger partial charge in [0.1, 0.15) is 0 Å². The molecule has 0 spiro atoms. The number of hydrogen-bond acceptors (Lipinski definition) is 6. The van der Waals surface area contributed by atoms with Crippen molar-refractivity contribution in [3.8, 4) is 0 Å². The quantitative estimate of drug-likeness (QED) is 0.0745. The second-order valence-corrected chi connectivity index (χ2v) is 14.2. The van der Waals surface area contributed by atoms with Crippen LogP contribution in [0.4, 0.5) is 0 Å². The lowest BCUT2D eigenvalue weighted by Gasteiger charge is -2.24. The smallest absolute Gasteiger partial charge is 0.261 e. The van der Waals surface area contributed by atoms with Gasteiger partial charge >= 0.3 is 0 Å². The van der Waals surface area contributed by atoms with Crippen molar-refractivity contribution in [1.29, 1.82) is 0 Å². The zero-order valence-corrected chi connectivity index (χ0v) is 26.6. The van der Waals surface area contributed by atoms with Gasteiger partial charge in [-0.2, -0.15) is 0 Å². The average molecular weight is 709 g/mol. The molecule has 0 aromatic carbocycles. The van der Waals surface area contributed by atoms with Crippen molar-refractivity contribution in [2.75, 3.05) is 26.2 Å². The number of nitrogens with zero attached hydrogens (tertiary/aromatic N) is 8. The van der Waals surface area contributed by atoms with E-state index in [-0.39, 0.29) is 11.8 Å². The molecule has 0 fully saturated rings. The maximum atomic E-state index is 14.1. The summed E-state index contributed by atoms with van der Waals surface area (Å²) in [5.41, 5.74) is 19.3. The third-order valence-corrected chi connectivity index (χ3v) is 9.96. The number of carbonyl (C=O) groups is 2. The van der Waals surface area contributed by atoms with E-state index in [1.54, 1.807) is 9.80 Å². The topological polar surface area (TPSA) is 138 Å². The fourth-order valence-corrected chi connectivity index (χ4v) is 7.81. The molecule has 0 atom stereocenters. The molecule has 2 aromatic heterocycles. The molecular weight excluding hydrogens is 680 g/mol. The predicted molar refractivity (Wildman–Crippen MR) is 166 cm³/mol. The zero-order chi connectivity index (χ0) is 28.5. The number of thiophene rings is 2. The predicted octanol–water partition coefficient (Wildman–Crippen LogP) is 8.88. The van der Waals surface area contributed by atoms with Crippen LogP contribution in [0.15, 0.2) is 53.2 Å². The highest BCUT2D eigenvalue weighted by Crippen LogP contribution is 2.49. The van der Waals surface area contributed by atoms with Gasteiger partial charge in [0.05, 0.1) is 39.9 Å². The molecule has 40 heavy (non-hydrogen) atoms. The summed E-state index contributed by atoms with van der Waals surface area (Å²) < 4.78 is 1.87. The lowest BCUT2D eigenvalue weighted by atomic mass is 10.1. The highest BCUT2D eigenvalue weighted by molar-refractivity contribution is 9.11. The summed E-state index contributed by atoms with van der Waals surface area (Å²) in [5.74, 6) is -0.262. The monoisotopic (exact) mass is 706 g/mol. The highest BCUT2D eigenvalue weighted by Gasteiger charge is 2.49. The first-order chi connectivity index (χ1) is 19.5. The van der Waals surface area contributed by atoms with E-state index in [1.807, 2.05) is 24.3 Å². The Morgan fingerprint density at radius 2 is 1.05 bits per heavy atom. The summed E-state index contributed by atoms with van der Waals surface area (Å²) in [6, 6.07) is 7.81. The Balaban J connectivity index is 1.62. The molecule has 0 N–H and O–H groups in total. The van der Waals surface area contributed by atoms with Crippen molar-refractivity contribution in [2.45, 2.75) is 51.4 Å². The Kier molecular flexibility index (Phi) is 11.3. The Bertz CT molecular complexity index is 1310. The summed E-state index contributed by atoms with van der Waals surface area (Å²) >= 11 is 10.1. The van der Waals surface area contributed by atoms with Crippen LogP contribution in [0, 0.1) is 0 Å². The van der Waals surface area contributed by atoms with E-state index in [4.69, 9.17) is 11.1 Å². The fraction of sp³-hybridized carbons (Fsp3) is 0.462. The minimum Gasteiger partial charge on any atom is -0.306 e. The molecule has 4 heterocycles. The molecule has 2 aliphatic rings. The van der Waals surface area contributed by atoms with E-state index in [0.717, 1.165) is 68.7 Å². The lowest BCUT2D eigenvalue weighted by molar-refractivity contribution is -0.124. The Morgan fingerprint density at radius 3 is 1.40 bits per heavy atom. The highest BCUT2D eigenvalue weighted by atomic mass is 79.9. The molecular formula is C26H28Br2N8O2S2. The van der Waals surface area contributed by atoms with E-state index in [0.29, 0.717) is 48.7 Å². The molecule has 14 heteroatoms. The van der Waals surface area contributed by atoms with E-state index >= 15 is 0 Å². The molecule has 0 aliphatic carbocycles. The first kappa shape index (κ1) is 30.4. The second kappa shape index (κ2) is 14.9. The van der Waals surface area contributed by atoms with Crippen LogP contribution in [0.2, 0.25) is 0 Å². The fourth-order valence-electron chi connectivity index (χ4n) is 4.92. The number of unbranched alkanes of at least 4 members (excludes halogenated alkanes) is 6. The number of amides is 2. The van der Waals surface area contributed by atoms with Gasteiger partial charge < -0.3 is 9.80 Å². The standard InChI is InChI=1S/C26H28Br2N8O2S2/c27-19-11-9-17(39-19)23-21-22(25(37)35(23)15-7-3-1-5-13-31-33-29)24(18-10-12-20(28)40-18)36(26(21)38)16-8-4-2-6-14-32-34-30/h9-12H,1-8,13-16H2. The van der Waals surface area contributed by atoms with E-state index in [1.165, 1.54) is 22.7 Å². The minimum absolute atomic E-state index is 0.131. The minimum atomic E-state index is -0.131. The molecule has 0 radical (unpaired) electrons. The summed E-state index contributed by atoms with van der Waals surface area (Å²) in [5, 5.41) is 7.17. The normalized spacial score (nSPS) is 14.8. The molecule has 10 nitrogen and oxygen atoms in total. The maximum absolute atomic E-state index is 14.1. The Labute approximate surface area is 257 Å². The van der Waals surface area contributed by atoms with Crippen LogP contribution in [0.5, 0.6) is 0 Å². The van der Waals surface area contributed by atoms with Crippen LogP contribution < -0.4 is 0 Å². The summed E-state index contributed by atoms with van der Waals surface area (Å²) in [4.78, 5) is 39.1. The summed E-state index contributed by atoms with van der Waals surface area (Å²) in [7, 11) is 0. The van der Waals surface area contributed by atoms with Crippen molar-refractivity contribution in [3.63, 3.8) is 0 Å². The number of fused-ring (bicyclic) bond motifs is 1. The largest absolute Gasteiger partial charge is 0.306 e. The van der Waals surface area contributed by atoms with Gasteiger partial charge in [-0.3, -0.25) is 9.59 Å². The van der Waals surface area contributed by atoms with Crippen LogP contribution in [0.3, 0.4) is 0 Å². The average Bonchev–Trinajstić information content (AvgIpc) is 3.69. The molecule has 0 unspecified atom stereocenters. The summed E-state index contributed by atoms with van der Waals surface area (Å²) in [6.07, 6.45) is 6.79. The zero-order valence-electron chi connectivity index (χ0n) is 21.8. The van der Waals surface area contributed by atoms with Gasteiger partial charge in [-0.1, -0.05) is 35.9 Å². The van der Waals surface area contributed by atoms with Gasteiger partial charge in [0.15, 0.2) is 0 Å². The lowest BCUT2D eigenvalue weighted by Crippen LogP contribution is -2.30. The molecule has 4 rings (SSSR count). The van der Waals surface area contributed by atoms with Gasteiger partial charge in [0.25, 0.3) is 11.8 Å². The van der Waals surface area contributed by atoms with Crippen LogP contribution in [0.1, 0.15) is 61.1 Å². The molecule has 2 aliphatic heterocycles. The first-order valence-electron chi connectivity index (χ1n) is 13.1. The van der Waals surface area contributed by atoms with E-state index < -0.39 is 0 Å². The SMILES string of the molecule is [N-]=[N+]=NCCCCCCN1C(=O)C2=C(c3ccc(Br)s3)N(CCCCCCN=[N+]=[N-])C(=O)C2=C1c1ccc(Br)s1. The molecule has 210 valence electrons. The van der Waals surface area contributed by atoms with Crippen LogP contribution in [-0.4, -0.2) is 47.8 Å². The van der Waals surface area contributed by atoms with Gasteiger partial charge in [0, 0.05) is 36.0 Å². The van der Waals surface area contributed by atoms with Crippen molar-refractivity contribution in [3.05, 3.63) is 73.6 Å². The number of rotatable bonds is 16. The van der Waals surface area contributed by atoms with Crippen LogP contribution in [0.25, 0.3) is 32.3 Å². The summed E-state index contributed by atoms with van der Waals surface area (Å²) in [6.45, 7) is 1.97. The van der Waals surface area contributed by atoms with Crippen molar-refractivity contribution in [1.82, 2.24) is 9.80 Å². The van der Waals surface area contributed by atoms with Gasteiger partial charge in [0.2, 0.25) is 0 Å². The molecule has 0 bridgehead atoms. The molecule has 0 saturated heterocycles. The van der Waals surface area contributed by atoms with E-state index in [9.17, 15) is 9.59 Å². The second-order valence-electron chi connectivity index (χ2n) is 9.31. The number of hydrogen-bond donors (Lipinski definition) is 0. The van der Waals surface area contributed by atoms with Crippen LogP contribution in [-0.2, 0) is 9.59 Å². The molecule has 2 amide bonds. The Hall–Kier alpha value is -2.60. The van der Waals surface area contributed by atoms with Crippen molar-refractivity contribution < 1.29 is 9.59 Å². The van der Waals surface area contributed by atoms with E-state index in [2.05, 4.69) is 51.9 Å². The molecule has 0 saturated carbocycles. The number of azide groups is 2. The van der Waals surface area contributed by atoms with Gasteiger partial charge in [-0.15, -0.1) is 22.7 Å². The van der Waals surface area contributed by atoms with Crippen molar-refractivity contribution in [2.24, 2.45) is 10.2 Å². The number of carbonyl (C=O) groups excluding carboxylic acids is 2. The third kappa shape index (κ3) is 6.99.